The molecule has 0 radical (unpaired) electrons. The number of benzene rings is 2. The molecule has 1 fully saturated rings. The van der Waals surface area contributed by atoms with E-state index in [9.17, 15) is 0 Å². The quantitative estimate of drug-likeness (QED) is 0.846. The van der Waals surface area contributed by atoms with Crippen LogP contribution in [0.15, 0.2) is 48.5 Å². The van der Waals surface area contributed by atoms with Crippen LogP contribution < -0.4 is 14.8 Å². The van der Waals surface area contributed by atoms with E-state index in [4.69, 9.17) is 9.47 Å². The number of rotatable bonds is 6. The van der Waals surface area contributed by atoms with Gasteiger partial charge in [-0.1, -0.05) is 36.4 Å². The number of nitrogens with zero attached hydrogens (tertiary/aromatic N) is 1. The molecule has 4 nitrogen and oxygen atoms in total. The molecule has 0 saturated carbocycles. The number of likely N-dealkylation sites (tertiary alicyclic amines) is 1. The number of aryl methyl sites for hydroxylation is 1. The minimum atomic E-state index is 0.0982. The largest absolute Gasteiger partial charge is 0.486 e. The first-order valence-corrected chi connectivity index (χ1v) is 10.1. The van der Waals surface area contributed by atoms with Crippen molar-refractivity contribution < 1.29 is 9.47 Å². The molecule has 27 heavy (non-hydrogen) atoms. The predicted octanol–water partition coefficient (Wildman–Crippen LogP) is 3.64. The Labute approximate surface area is 162 Å². The molecule has 0 bridgehead atoms. The third-order valence-electron chi connectivity index (χ3n) is 5.73. The van der Waals surface area contributed by atoms with E-state index in [1.807, 2.05) is 24.3 Å². The number of fused-ring (bicyclic) bond motifs is 1. The highest BCUT2D eigenvalue weighted by molar-refractivity contribution is 5.40. The fraction of sp³-hybridized carbons (Fsp3) is 0.478. The maximum Gasteiger partial charge on any atom is 0.161 e. The van der Waals surface area contributed by atoms with Crippen LogP contribution in [0.25, 0.3) is 0 Å². The molecular formula is C23H30N2O2. The lowest BCUT2D eigenvalue weighted by Gasteiger charge is -2.33. The van der Waals surface area contributed by atoms with Gasteiger partial charge in [0.1, 0.15) is 12.7 Å². The third kappa shape index (κ3) is 4.82. The molecule has 1 unspecified atom stereocenters. The van der Waals surface area contributed by atoms with Gasteiger partial charge in [-0.05, 0) is 68.6 Å². The molecule has 4 heteroatoms. The fourth-order valence-corrected chi connectivity index (χ4v) is 3.99. The van der Waals surface area contributed by atoms with Gasteiger partial charge in [-0.2, -0.15) is 0 Å². The van der Waals surface area contributed by atoms with Crippen molar-refractivity contribution in [1.29, 1.82) is 0 Å². The predicted molar refractivity (Wildman–Crippen MR) is 108 cm³/mol. The van der Waals surface area contributed by atoms with Crippen molar-refractivity contribution in [2.75, 3.05) is 32.8 Å². The topological polar surface area (TPSA) is 33.7 Å². The summed E-state index contributed by atoms with van der Waals surface area (Å²) in [5, 5.41) is 3.61. The maximum absolute atomic E-state index is 6.02. The Morgan fingerprint density at radius 2 is 1.70 bits per heavy atom. The highest BCUT2D eigenvalue weighted by Crippen LogP contribution is 2.30. The Bertz CT molecular complexity index is 741. The first-order chi connectivity index (χ1) is 13.3. The first kappa shape index (κ1) is 18.3. The summed E-state index contributed by atoms with van der Waals surface area (Å²) in [5.74, 6) is 2.48. The number of hydrogen-bond donors (Lipinski definition) is 1. The Morgan fingerprint density at radius 1 is 0.963 bits per heavy atom. The van der Waals surface area contributed by atoms with Gasteiger partial charge in [0.15, 0.2) is 11.5 Å². The summed E-state index contributed by atoms with van der Waals surface area (Å²) in [6.45, 7) is 8.21. The second-order valence-electron chi connectivity index (χ2n) is 7.80. The number of nitrogens with one attached hydrogen (secondary N) is 1. The van der Waals surface area contributed by atoms with Crippen LogP contribution in [0.5, 0.6) is 11.5 Å². The second-order valence-corrected chi connectivity index (χ2v) is 7.80. The zero-order valence-electron chi connectivity index (χ0n) is 16.2. The number of para-hydroxylation sites is 2. The summed E-state index contributed by atoms with van der Waals surface area (Å²) in [5.41, 5.74) is 2.86. The van der Waals surface area contributed by atoms with E-state index in [-0.39, 0.29) is 6.10 Å². The molecule has 144 valence electrons. The monoisotopic (exact) mass is 366 g/mol. The van der Waals surface area contributed by atoms with Crippen molar-refractivity contribution in [1.82, 2.24) is 10.2 Å². The summed E-state index contributed by atoms with van der Waals surface area (Å²) >= 11 is 0. The van der Waals surface area contributed by atoms with E-state index in [1.165, 1.54) is 37.1 Å². The molecule has 4 rings (SSSR count). The van der Waals surface area contributed by atoms with Gasteiger partial charge < -0.3 is 14.8 Å². The standard InChI is InChI=1S/C23H30N2O2/c1-18-6-2-3-7-20(18)16-25-12-10-19(11-13-25)14-24-15-21-17-26-22-8-4-5-9-23(22)27-21/h2-9,19,21,24H,10-17H2,1H3. The molecule has 0 spiro atoms. The van der Waals surface area contributed by atoms with Gasteiger partial charge in [0, 0.05) is 13.1 Å². The van der Waals surface area contributed by atoms with Gasteiger partial charge in [-0.3, -0.25) is 4.90 Å². The zero-order chi connectivity index (χ0) is 18.5. The molecule has 0 aromatic heterocycles. The molecule has 0 amide bonds. The van der Waals surface area contributed by atoms with Crippen molar-refractivity contribution in [3.8, 4) is 11.5 Å². The fourth-order valence-electron chi connectivity index (χ4n) is 3.99. The summed E-state index contributed by atoms with van der Waals surface area (Å²) in [6, 6.07) is 16.6. The van der Waals surface area contributed by atoms with Crippen molar-refractivity contribution >= 4 is 0 Å². The Hall–Kier alpha value is -2.04. The van der Waals surface area contributed by atoms with Gasteiger partial charge in [-0.15, -0.1) is 0 Å². The van der Waals surface area contributed by atoms with E-state index < -0.39 is 0 Å². The van der Waals surface area contributed by atoms with Crippen molar-refractivity contribution in [3.05, 3.63) is 59.7 Å². The van der Waals surface area contributed by atoms with Gasteiger partial charge in [0.2, 0.25) is 0 Å². The van der Waals surface area contributed by atoms with Crippen molar-refractivity contribution in [3.63, 3.8) is 0 Å². The molecule has 2 aliphatic heterocycles. The molecule has 2 aromatic carbocycles. The molecule has 1 atom stereocenters. The highest BCUT2D eigenvalue weighted by atomic mass is 16.6. The summed E-state index contributed by atoms with van der Waals surface area (Å²) in [4.78, 5) is 2.59. The van der Waals surface area contributed by atoms with Crippen LogP contribution in [0.3, 0.4) is 0 Å². The van der Waals surface area contributed by atoms with Crippen molar-refractivity contribution in [2.24, 2.45) is 5.92 Å². The Kier molecular flexibility index (Phi) is 5.95. The van der Waals surface area contributed by atoms with E-state index in [1.54, 1.807) is 0 Å². The third-order valence-corrected chi connectivity index (χ3v) is 5.73. The van der Waals surface area contributed by atoms with Gasteiger partial charge in [-0.25, -0.2) is 0 Å². The lowest BCUT2D eigenvalue weighted by molar-refractivity contribution is 0.0881. The van der Waals surface area contributed by atoms with Crippen LogP contribution in [-0.4, -0.2) is 43.8 Å². The van der Waals surface area contributed by atoms with Crippen LogP contribution in [0.4, 0.5) is 0 Å². The van der Waals surface area contributed by atoms with E-state index in [2.05, 4.69) is 41.4 Å². The van der Waals surface area contributed by atoms with Crippen molar-refractivity contribution in [2.45, 2.75) is 32.4 Å². The van der Waals surface area contributed by atoms with E-state index in [0.29, 0.717) is 6.61 Å². The SMILES string of the molecule is Cc1ccccc1CN1CCC(CNCC2COc3ccccc3O2)CC1. The summed E-state index contributed by atoms with van der Waals surface area (Å²) in [7, 11) is 0. The zero-order valence-corrected chi connectivity index (χ0v) is 16.2. The van der Waals surface area contributed by atoms with Crippen LogP contribution in [0, 0.1) is 12.8 Å². The lowest BCUT2D eigenvalue weighted by atomic mass is 9.96. The summed E-state index contributed by atoms with van der Waals surface area (Å²) < 4.78 is 11.8. The number of ether oxygens (including phenoxy) is 2. The van der Waals surface area contributed by atoms with Crippen LogP contribution in [-0.2, 0) is 6.54 Å². The average Bonchev–Trinajstić information content (AvgIpc) is 2.71. The minimum absolute atomic E-state index is 0.0982. The average molecular weight is 367 g/mol. The smallest absolute Gasteiger partial charge is 0.161 e. The normalized spacial score (nSPS) is 20.6. The second kappa shape index (κ2) is 8.77. The molecular weight excluding hydrogens is 336 g/mol. The van der Waals surface area contributed by atoms with Gasteiger partial charge >= 0.3 is 0 Å². The Balaban J connectivity index is 1.16. The maximum atomic E-state index is 6.02. The highest BCUT2D eigenvalue weighted by Gasteiger charge is 2.22. The molecule has 1 N–H and O–H groups in total. The van der Waals surface area contributed by atoms with E-state index >= 15 is 0 Å². The molecule has 2 heterocycles. The van der Waals surface area contributed by atoms with Gasteiger partial charge in [0.05, 0.1) is 0 Å². The number of piperidine rings is 1. The van der Waals surface area contributed by atoms with Gasteiger partial charge in [0.25, 0.3) is 0 Å². The number of hydrogen-bond acceptors (Lipinski definition) is 4. The molecule has 0 aliphatic carbocycles. The molecule has 2 aromatic rings. The van der Waals surface area contributed by atoms with Crippen LogP contribution >= 0.6 is 0 Å². The Morgan fingerprint density at radius 3 is 2.52 bits per heavy atom. The minimum Gasteiger partial charge on any atom is -0.486 e. The molecule has 2 aliphatic rings. The summed E-state index contributed by atoms with van der Waals surface area (Å²) in [6.07, 6.45) is 2.63. The first-order valence-electron chi connectivity index (χ1n) is 10.1. The van der Waals surface area contributed by atoms with Crippen LogP contribution in [0.2, 0.25) is 0 Å². The lowest BCUT2D eigenvalue weighted by Crippen LogP contribution is -2.42. The van der Waals surface area contributed by atoms with E-state index in [0.717, 1.165) is 37.1 Å². The van der Waals surface area contributed by atoms with Crippen LogP contribution in [0.1, 0.15) is 24.0 Å². The molecule has 1 saturated heterocycles.